The molecule has 1 heterocycles. The minimum Gasteiger partial charge on any atom is -0.437 e. The van der Waals surface area contributed by atoms with Crippen molar-refractivity contribution in [3.63, 3.8) is 0 Å². The molecule has 1 aromatic rings. The van der Waals surface area contributed by atoms with Gasteiger partial charge in [-0.3, -0.25) is 4.79 Å². The largest absolute Gasteiger partial charge is 0.437 e. The van der Waals surface area contributed by atoms with E-state index in [1.165, 1.54) is 19.1 Å². The number of ketones is 1. The Bertz CT molecular complexity index is 370. The SMILES string of the molecule is CCN(CC(F)(F)F)c1ccc(C(C)=O)o1. The number of nitrogens with zero attached hydrogens (tertiary/aromatic N) is 1. The van der Waals surface area contributed by atoms with E-state index >= 15 is 0 Å². The minimum atomic E-state index is -4.29. The summed E-state index contributed by atoms with van der Waals surface area (Å²) in [5, 5.41) is 0. The van der Waals surface area contributed by atoms with E-state index in [1.54, 1.807) is 6.92 Å². The van der Waals surface area contributed by atoms with Crippen LogP contribution >= 0.6 is 0 Å². The zero-order valence-electron chi connectivity index (χ0n) is 8.97. The Labute approximate surface area is 90.8 Å². The maximum absolute atomic E-state index is 12.2. The highest BCUT2D eigenvalue weighted by Gasteiger charge is 2.31. The first-order valence-electron chi connectivity index (χ1n) is 4.76. The molecule has 0 atom stereocenters. The van der Waals surface area contributed by atoms with E-state index in [0.717, 1.165) is 4.90 Å². The van der Waals surface area contributed by atoms with Crippen LogP contribution in [0.4, 0.5) is 19.1 Å². The van der Waals surface area contributed by atoms with Crippen molar-refractivity contribution in [1.82, 2.24) is 0 Å². The van der Waals surface area contributed by atoms with Gasteiger partial charge in [-0.1, -0.05) is 0 Å². The number of anilines is 1. The molecule has 16 heavy (non-hydrogen) atoms. The predicted molar refractivity (Wildman–Crippen MR) is 52.7 cm³/mol. The lowest BCUT2D eigenvalue weighted by Crippen LogP contribution is -2.33. The van der Waals surface area contributed by atoms with Crippen molar-refractivity contribution in [3.05, 3.63) is 17.9 Å². The van der Waals surface area contributed by atoms with Crippen LogP contribution in [0.1, 0.15) is 24.4 Å². The maximum Gasteiger partial charge on any atom is 0.406 e. The van der Waals surface area contributed by atoms with Crippen LogP contribution in [0.2, 0.25) is 0 Å². The van der Waals surface area contributed by atoms with Gasteiger partial charge in [0.2, 0.25) is 0 Å². The fraction of sp³-hybridized carbons (Fsp3) is 0.500. The summed E-state index contributed by atoms with van der Waals surface area (Å²) in [6.45, 7) is 1.95. The number of rotatable bonds is 4. The smallest absolute Gasteiger partial charge is 0.406 e. The molecule has 0 saturated carbocycles. The monoisotopic (exact) mass is 235 g/mol. The lowest BCUT2D eigenvalue weighted by molar-refractivity contribution is -0.120. The van der Waals surface area contributed by atoms with E-state index in [0.29, 0.717) is 0 Å². The van der Waals surface area contributed by atoms with Crippen molar-refractivity contribution in [2.24, 2.45) is 0 Å². The van der Waals surface area contributed by atoms with E-state index < -0.39 is 12.7 Å². The lowest BCUT2D eigenvalue weighted by Gasteiger charge is -2.21. The molecule has 6 heteroatoms. The van der Waals surface area contributed by atoms with Gasteiger partial charge in [-0.2, -0.15) is 13.2 Å². The van der Waals surface area contributed by atoms with E-state index in [-0.39, 0.29) is 24.0 Å². The third-order valence-electron chi connectivity index (χ3n) is 2.00. The van der Waals surface area contributed by atoms with Crippen LogP contribution < -0.4 is 4.90 Å². The van der Waals surface area contributed by atoms with E-state index in [2.05, 4.69) is 0 Å². The molecular formula is C10H12F3NO2. The summed E-state index contributed by atoms with van der Waals surface area (Å²) in [5.41, 5.74) is 0. The Morgan fingerprint density at radius 2 is 2.06 bits per heavy atom. The molecule has 0 unspecified atom stereocenters. The number of furan rings is 1. The first-order chi connectivity index (χ1) is 7.33. The minimum absolute atomic E-state index is 0.0602. The average molecular weight is 235 g/mol. The summed E-state index contributed by atoms with van der Waals surface area (Å²) < 4.78 is 41.6. The van der Waals surface area contributed by atoms with Crippen LogP contribution in [0.25, 0.3) is 0 Å². The maximum atomic E-state index is 12.2. The second-order valence-corrected chi connectivity index (χ2v) is 3.32. The van der Waals surface area contributed by atoms with E-state index in [1.807, 2.05) is 0 Å². The van der Waals surface area contributed by atoms with Gasteiger partial charge in [0, 0.05) is 19.5 Å². The van der Waals surface area contributed by atoms with Crippen molar-refractivity contribution >= 4 is 11.7 Å². The molecule has 3 nitrogen and oxygen atoms in total. The van der Waals surface area contributed by atoms with Crippen molar-refractivity contribution < 1.29 is 22.4 Å². The molecule has 0 saturated heterocycles. The quantitative estimate of drug-likeness (QED) is 0.752. The Hall–Kier alpha value is -1.46. The van der Waals surface area contributed by atoms with Crippen LogP contribution in [-0.2, 0) is 0 Å². The molecule has 0 fully saturated rings. The third-order valence-corrected chi connectivity index (χ3v) is 2.00. The molecule has 0 radical (unpaired) electrons. The highest BCUT2D eigenvalue weighted by Crippen LogP contribution is 2.23. The topological polar surface area (TPSA) is 33.5 Å². The number of hydrogen-bond donors (Lipinski definition) is 0. The van der Waals surface area contributed by atoms with Crippen molar-refractivity contribution in [2.75, 3.05) is 18.0 Å². The Morgan fingerprint density at radius 1 is 1.44 bits per heavy atom. The molecule has 1 aromatic heterocycles. The molecule has 0 bridgehead atoms. The van der Waals surface area contributed by atoms with Gasteiger partial charge < -0.3 is 9.32 Å². The second-order valence-electron chi connectivity index (χ2n) is 3.32. The predicted octanol–water partition coefficient (Wildman–Crippen LogP) is 2.87. The molecule has 0 N–H and O–H groups in total. The first kappa shape index (κ1) is 12.6. The summed E-state index contributed by atoms with van der Waals surface area (Å²) in [6.07, 6.45) is -4.29. The number of alkyl halides is 3. The molecule has 0 aromatic carbocycles. The fourth-order valence-corrected chi connectivity index (χ4v) is 1.25. The van der Waals surface area contributed by atoms with Crippen molar-refractivity contribution in [2.45, 2.75) is 20.0 Å². The fourth-order valence-electron chi connectivity index (χ4n) is 1.25. The summed E-state index contributed by atoms with van der Waals surface area (Å²) in [5.74, 6) is -0.185. The summed E-state index contributed by atoms with van der Waals surface area (Å²) in [6, 6.07) is 2.74. The van der Waals surface area contributed by atoms with Gasteiger partial charge in [-0.25, -0.2) is 0 Å². The number of halogens is 3. The summed E-state index contributed by atoms with van der Waals surface area (Å²) in [4.78, 5) is 11.9. The molecule has 0 aliphatic carbocycles. The van der Waals surface area contributed by atoms with Crippen LogP contribution in [0.15, 0.2) is 16.5 Å². The number of carbonyl (C=O) groups is 1. The van der Waals surface area contributed by atoms with Gasteiger partial charge >= 0.3 is 6.18 Å². The molecule has 0 spiro atoms. The highest BCUT2D eigenvalue weighted by molar-refractivity contribution is 5.91. The average Bonchev–Trinajstić information content (AvgIpc) is 2.61. The normalized spacial score (nSPS) is 11.6. The zero-order chi connectivity index (χ0) is 12.3. The van der Waals surface area contributed by atoms with Gasteiger partial charge in [0.15, 0.2) is 17.4 Å². The Balaban J connectivity index is 2.83. The molecular weight excluding hydrogens is 223 g/mol. The van der Waals surface area contributed by atoms with Crippen LogP contribution in [-0.4, -0.2) is 25.0 Å². The molecule has 0 aliphatic rings. The first-order valence-corrected chi connectivity index (χ1v) is 4.76. The van der Waals surface area contributed by atoms with Crippen molar-refractivity contribution in [3.8, 4) is 0 Å². The Kier molecular flexibility index (Phi) is 3.62. The van der Waals surface area contributed by atoms with Gasteiger partial charge in [-0.05, 0) is 13.0 Å². The van der Waals surface area contributed by atoms with E-state index in [4.69, 9.17) is 4.42 Å². The molecule has 0 amide bonds. The van der Waals surface area contributed by atoms with Crippen LogP contribution in [0.5, 0.6) is 0 Å². The Morgan fingerprint density at radius 3 is 2.44 bits per heavy atom. The molecule has 1 rings (SSSR count). The van der Waals surface area contributed by atoms with Gasteiger partial charge in [0.1, 0.15) is 6.54 Å². The number of carbonyl (C=O) groups excluding carboxylic acids is 1. The van der Waals surface area contributed by atoms with Crippen molar-refractivity contribution in [1.29, 1.82) is 0 Å². The zero-order valence-corrected chi connectivity index (χ0v) is 8.97. The number of Topliss-reactive ketones (excluding diaryl/α,β-unsaturated/α-hetero) is 1. The van der Waals surface area contributed by atoms with Gasteiger partial charge in [0.25, 0.3) is 0 Å². The van der Waals surface area contributed by atoms with Gasteiger partial charge in [-0.15, -0.1) is 0 Å². The summed E-state index contributed by atoms with van der Waals surface area (Å²) >= 11 is 0. The highest BCUT2D eigenvalue weighted by atomic mass is 19.4. The van der Waals surface area contributed by atoms with E-state index in [9.17, 15) is 18.0 Å². The van der Waals surface area contributed by atoms with Crippen LogP contribution in [0, 0.1) is 0 Å². The third kappa shape index (κ3) is 3.29. The lowest BCUT2D eigenvalue weighted by atomic mass is 10.3. The summed E-state index contributed by atoms with van der Waals surface area (Å²) in [7, 11) is 0. The van der Waals surface area contributed by atoms with Crippen LogP contribution in [0.3, 0.4) is 0 Å². The van der Waals surface area contributed by atoms with Gasteiger partial charge in [0.05, 0.1) is 0 Å². The second kappa shape index (κ2) is 4.59. The molecule has 0 aliphatic heterocycles. The molecule has 90 valence electrons. The number of hydrogen-bond acceptors (Lipinski definition) is 3. The standard InChI is InChI=1S/C10H12F3NO2/c1-3-14(6-10(11,12)13)9-5-4-8(16-9)7(2)15/h4-5H,3,6H2,1-2H3.